The van der Waals surface area contributed by atoms with E-state index in [1.165, 1.54) is 0 Å². The number of carbonyl (C=O) groups is 2. The molecule has 0 aliphatic heterocycles. The first-order chi connectivity index (χ1) is 10.1. The lowest BCUT2D eigenvalue weighted by Crippen LogP contribution is -2.41. The van der Waals surface area contributed by atoms with Gasteiger partial charge in [0.05, 0.1) is 6.42 Å². The topological polar surface area (TPSA) is 78.4 Å². The van der Waals surface area contributed by atoms with Crippen molar-refractivity contribution in [2.75, 3.05) is 11.6 Å². The van der Waals surface area contributed by atoms with Crippen molar-refractivity contribution >= 4 is 29.4 Å². The van der Waals surface area contributed by atoms with E-state index >= 15 is 0 Å². The van der Waals surface area contributed by atoms with Crippen LogP contribution in [0.4, 0.5) is 10.5 Å². The van der Waals surface area contributed by atoms with Gasteiger partial charge in [0.2, 0.25) is 0 Å². The monoisotopic (exact) mass is 308 g/mol. The highest BCUT2D eigenvalue weighted by Gasteiger charge is 2.27. The number of benzene rings is 1. The summed E-state index contributed by atoms with van der Waals surface area (Å²) in [6.45, 7) is 0. The van der Waals surface area contributed by atoms with Crippen molar-refractivity contribution in [2.45, 2.75) is 37.0 Å². The van der Waals surface area contributed by atoms with Gasteiger partial charge < -0.3 is 15.7 Å². The van der Waals surface area contributed by atoms with Gasteiger partial charge in [0.25, 0.3) is 0 Å². The van der Waals surface area contributed by atoms with Crippen LogP contribution in [0.3, 0.4) is 0 Å². The molecule has 0 saturated heterocycles. The van der Waals surface area contributed by atoms with Gasteiger partial charge in [0.1, 0.15) is 0 Å². The Hall–Kier alpha value is -1.69. The zero-order valence-corrected chi connectivity index (χ0v) is 12.8. The minimum atomic E-state index is -0.863. The molecule has 0 spiro atoms. The fraction of sp³-hybridized carbons (Fsp3) is 0.467. The van der Waals surface area contributed by atoms with Crippen LogP contribution in [0.1, 0.15) is 24.8 Å². The molecular formula is C15H20N2O3S. The van der Waals surface area contributed by atoms with Gasteiger partial charge in [-0.25, -0.2) is 4.79 Å². The van der Waals surface area contributed by atoms with Crippen LogP contribution in [-0.2, 0) is 11.2 Å². The number of carboxylic acids is 1. The number of hydrogen-bond donors (Lipinski definition) is 3. The highest BCUT2D eigenvalue weighted by Crippen LogP contribution is 2.28. The normalized spacial score (nSPS) is 21.0. The third-order valence-electron chi connectivity index (χ3n) is 3.64. The summed E-state index contributed by atoms with van der Waals surface area (Å²) in [6.07, 6.45) is 5.39. The number of rotatable bonds is 5. The quantitative estimate of drug-likeness (QED) is 0.781. The molecule has 2 atom stereocenters. The zero-order valence-electron chi connectivity index (χ0n) is 12.0. The van der Waals surface area contributed by atoms with Gasteiger partial charge in [-0.05, 0) is 36.8 Å². The molecule has 6 heteroatoms. The van der Waals surface area contributed by atoms with Crippen LogP contribution in [0.2, 0.25) is 0 Å². The fourth-order valence-corrected chi connectivity index (χ4v) is 3.52. The Balaban J connectivity index is 1.86. The molecule has 0 bridgehead atoms. The number of amides is 2. The molecule has 2 amide bonds. The van der Waals surface area contributed by atoms with E-state index in [9.17, 15) is 9.59 Å². The van der Waals surface area contributed by atoms with E-state index in [4.69, 9.17) is 5.11 Å². The first-order valence-electron chi connectivity index (χ1n) is 6.99. The van der Waals surface area contributed by atoms with Crippen molar-refractivity contribution in [2.24, 2.45) is 0 Å². The molecule has 5 nitrogen and oxygen atoms in total. The lowest BCUT2D eigenvalue weighted by Gasteiger charge is -2.19. The Morgan fingerprint density at radius 2 is 2.00 bits per heavy atom. The molecule has 0 heterocycles. The molecule has 2 rings (SSSR count). The fourth-order valence-electron chi connectivity index (χ4n) is 2.59. The Morgan fingerprint density at radius 3 is 2.62 bits per heavy atom. The maximum atomic E-state index is 12.0. The Kier molecular flexibility index (Phi) is 5.50. The average molecular weight is 308 g/mol. The molecule has 1 aliphatic carbocycles. The van der Waals surface area contributed by atoms with E-state index < -0.39 is 5.97 Å². The first-order valence-corrected chi connectivity index (χ1v) is 8.28. The summed E-state index contributed by atoms with van der Waals surface area (Å²) >= 11 is 1.80. The van der Waals surface area contributed by atoms with Gasteiger partial charge in [-0.15, -0.1) is 0 Å². The van der Waals surface area contributed by atoms with Crippen LogP contribution in [-0.4, -0.2) is 34.7 Å². The lowest BCUT2D eigenvalue weighted by molar-refractivity contribution is -0.136. The van der Waals surface area contributed by atoms with E-state index in [2.05, 4.69) is 16.9 Å². The van der Waals surface area contributed by atoms with E-state index in [-0.39, 0.29) is 18.5 Å². The van der Waals surface area contributed by atoms with Gasteiger partial charge in [-0.2, -0.15) is 11.8 Å². The predicted molar refractivity (Wildman–Crippen MR) is 84.9 cm³/mol. The highest BCUT2D eigenvalue weighted by atomic mass is 32.2. The standard InChI is InChI=1S/C15H20N2O3S/c1-21-13-4-2-3-12(13)17-15(20)16-11-7-5-10(6-8-11)9-14(18)19/h5-8,12-13H,2-4,9H2,1H3,(H,18,19)(H2,16,17,20). The van der Waals surface area contributed by atoms with Gasteiger partial charge in [-0.1, -0.05) is 18.6 Å². The van der Waals surface area contributed by atoms with Crippen LogP contribution in [0, 0.1) is 0 Å². The number of carbonyl (C=O) groups excluding carboxylic acids is 1. The molecule has 1 saturated carbocycles. The van der Waals surface area contributed by atoms with Gasteiger partial charge in [-0.3, -0.25) is 4.79 Å². The highest BCUT2D eigenvalue weighted by molar-refractivity contribution is 7.99. The average Bonchev–Trinajstić information content (AvgIpc) is 2.87. The zero-order chi connectivity index (χ0) is 15.2. The van der Waals surface area contributed by atoms with Gasteiger partial charge in [0, 0.05) is 17.0 Å². The van der Waals surface area contributed by atoms with E-state index in [0.29, 0.717) is 16.5 Å². The number of hydrogen-bond acceptors (Lipinski definition) is 3. The molecule has 1 fully saturated rings. The molecule has 114 valence electrons. The van der Waals surface area contributed by atoms with Crippen LogP contribution >= 0.6 is 11.8 Å². The molecule has 0 aromatic heterocycles. The number of carboxylic acid groups (broad SMARTS) is 1. The summed E-state index contributed by atoms with van der Waals surface area (Å²) in [4.78, 5) is 22.6. The van der Waals surface area contributed by atoms with Crippen molar-refractivity contribution in [1.82, 2.24) is 5.32 Å². The van der Waals surface area contributed by atoms with Crippen LogP contribution in [0.15, 0.2) is 24.3 Å². The molecule has 0 radical (unpaired) electrons. The molecule has 21 heavy (non-hydrogen) atoms. The molecule has 1 aliphatic rings. The molecular weight excluding hydrogens is 288 g/mol. The van der Waals surface area contributed by atoms with Crippen molar-refractivity contribution in [3.63, 3.8) is 0 Å². The summed E-state index contributed by atoms with van der Waals surface area (Å²) in [5.74, 6) is -0.863. The summed E-state index contributed by atoms with van der Waals surface area (Å²) in [7, 11) is 0. The number of anilines is 1. The Labute approximate surface area is 128 Å². The number of aliphatic carboxylic acids is 1. The molecule has 1 aromatic carbocycles. The maximum Gasteiger partial charge on any atom is 0.319 e. The smallest absolute Gasteiger partial charge is 0.319 e. The minimum Gasteiger partial charge on any atom is -0.481 e. The van der Waals surface area contributed by atoms with E-state index in [1.807, 2.05) is 0 Å². The van der Waals surface area contributed by atoms with Gasteiger partial charge in [0.15, 0.2) is 0 Å². The molecule has 2 unspecified atom stereocenters. The second-order valence-corrected chi connectivity index (χ2v) is 6.25. The molecule has 3 N–H and O–H groups in total. The van der Waals surface area contributed by atoms with E-state index in [1.54, 1.807) is 36.0 Å². The van der Waals surface area contributed by atoms with Crippen molar-refractivity contribution in [3.05, 3.63) is 29.8 Å². The van der Waals surface area contributed by atoms with E-state index in [0.717, 1.165) is 19.3 Å². The SMILES string of the molecule is CSC1CCCC1NC(=O)Nc1ccc(CC(=O)O)cc1. The summed E-state index contributed by atoms with van der Waals surface area (Å²) in [5, 5.41) is 15.0. The molecule has 1 aromatic rings. The lowest BCUT2D eigenvalue weighted by atomic mass is 10.1. The second kappa shape index (κ2) is 7.36. The largest absolute Gasteiger partial charge is 0.481 e. The number of nitrogens with one attached hydrogen (secondary N) is 2. The van der Waals surface area contributed by atoms with Crippen molar-refractivity contribution < 1.29 is 14.7 Å². The van der Waals surface area contributed by atoms with Crippen molar-refractivity contribution in [1.29, 1.82) is 0 Å². The predicted octanol–water partition coefficient (Wildman–Crippen LogP) is 2.72. The van der Waals surface area contributed by atoms with Crippen LogP contribution in [0.25, 0.3) is 0 Å². The third-order valence-corrected chi connectivity index (χ3v) is 4.81. The van der Waals surface area contributed by atoms with Crippen LogP contribution in [0.5, 0.6) is 0 Å². The Bertz CT molecular complexity index is 504. The number of urea groups is 1. The van der Waals surface area contributed by atoms with Crippen LogP contribution < -0.4 is 10.6 Å². The van der Waals surface area contributed by atoms with Crippen molar-refractivity contribution in [3.8, 4) is 0 Å². The second-order valence-electron chi connectivity index (χ2n) is 5.18. The summed E-state index contributed by atoms with van der Waals surface area (Å²) in [6, 6.07) is 6.89. The minimum absolute atomic E-state index is 0.00997. The first kappa shape index (κ1) is 15.7. The number of thioether (sulfide) groups is 1. The summed E-state index contributed by atoms with van der Waals surface area (Å²) in [5.41, 5.74) is 1.38. The summed E-state index contributed by atoms with van der Waals surface area (Å²) < 4.78 is 0. The Morgan fingerprint density at radius 1 is 1.29 bits per heavy atom. The maximum absolute atomic E-state index is 12.0. The third kappa shape index (κ3) is 4.67. The van der Waals surface area contributed by atoms with Gasteiger partial charge >= 0.3 is 12.0 Å².